The Morgan fingerprint density at radius 1 is 1.07 bits per heavy atom. The first-order valence-corrected chi connectivity index (χ1v) is 9.78. The van der Waals surface area contributed by atoms with E-state index < -0.39 is 0 Å². The predicted molar refractivity (Wildman–Crippen MR) is 110 cm³/mol. The van der Waals surface area contributed by atoms with E-state index >= 15 is 0 Å². The third kappa shape index (κ3) is 4.83. The highest BCUT2D eigenvalue weighted by molar-refractivity contribution is 6.21. The number of hydrogen-bond acceptors (Lipinski definition) is 4. The number of carbonyl (C=O) groups excluding carboxylic acids is 3. The van der Waals surface area contributed by atoms with Gasteiger partial charge in [-0.3, -0.25) is 19.3 Å². The van der Waals surface area contributed by atoms with Crippen molar-refractivity contribution in [2.24, 2.45) is 0 Å². The number of nitrogens with zero attached hydrogens (tertiary/aromatic N) is 1. The lowest BCUT2D eigenvalue weighted by atomic mass is 10.1. The van der Waals surface area contributed by atoms with Crippen molar-refractivity contribution in [3.63, 3.8) is 0 Å². The van der Waals surface area contributed by atoms with Gasteiger partial charge in [-0.1, -0.05) is 23.8 Å². The van der Waals surface area contributed by atoms with Crippen molar-refractivity contribution in [3.8, 4) is 5.75 Å². The number of aryl methyl sites for hydroxylation is 2. The minimum absolute atomic E-state index is 0.00516. The third-order valence-electron chi connectivity index (χ3n) is 5.12. The number of ether oxygens (including phenoxy) is 1. The van der Waals surface area contributed by atoms with Crippen molar-refractivity contribution in [1.29, 1.82) is 0 Å². The maximum absolute atomic E-state index is 12.5. The van der Waals surface area contributed by atoms with Gasteiger partial charge in [0.15, 0.2) is 0 Å². The molecule has 0 saturated heterocycles. The van der Waals surface area contributed by atoms with Gasteiger partial charge in [0.1, 0.15) is 5.75 Å². The number of nitrogens with one attached hydrogen (secondary N) is 1. The molecule has 1 N–H and O–H groups in total. The summed E-state index contributed by atoms with van der Waals surface area (Å²) >= 11 is 0. The van der Waals surface area contributed by atoms with Crippen molar-refractivity contribution in [3.05, 3.63) is 64.7 Å². The predicted octanol–water partition coefficient (Wildman–Crippen LogP) is 3.13. The van der Waals surface area contributed by atoms with Crippen molar-refractivity contribution in [2.45, 2.75) is 39.2 Å². The molecule has 6 nitrogen and oxygen atoms in total. The highest BCUT2D eigenvalue weighted by atomic mass is 16.5. The maximum atomic E-state index is 12.5. The van der Waals surface area contributed by atoms with Gasteiger partial charge >= 0.3 is 0 Å². The Morgan fingerprint density at radius 2 is 1.76 bits per heavy atom. The molecule has 2 aromatic carbocycles. The van der Waals surface area contributed by atoms with Crippen LogP contribution < -0.4 is 10.1 Å². The van der Waals surface area contributed by atoms with Crippen LogP contribution in [0, 0.1) is 6.92 Å². The number of rotatable bonds is 8. The molecule has 0 aromatic heterocycles. The van der Waals surface area contributed by atoms with Gasteiger partial charge in [0, 0.05) is 19.0 Å². The summed E-state index contributed by atoms with van der Waals surface area (Å²) in [5, 5.41) is 2.94. The van der Waals surface area contributed by atoms with Gasteiger partial charge in [-0.05, 0) is 56.5 Å². The van der Waals surface area contributed by atoms with Crippen molar-refractivity contribution in [2.75, 3.05) is 13.7 Å². The first-order valence-electron chi connectivity index (χ1n) is 9.78. The Morgan fingerprint density at radius 3 is 2.45 bits per heavy atom. The van der Waals surface area contributed by atoms with Gasteiger partial charge in [0.05, 0.1) is 18.2 Å². The molecule has 1 atom stereocenters. The minimum Gasteiger partial charge on any atom is -0.497 e. The fourth-order valence-electron chi connectivity index (χ4n) is 3.42. The van der Waals surface area contributed by atoms with E-state index in [4.69, 9.17) is 4.74 Å². The lowest BCUT2D eigenvalue weighted by molar-refractivity contribution is -0.121. The lowest BCUT2D eigenvalue weighted by Crippen LogP contribution is -2.37. The topological polar surface area (TPSA) is 75.7 Å². The van der Waals surface area contributed by atoms with E-state index in [1.807, 2.05) is 44.2 Å². The van der Waals surface area contributed by atoms with Crippen LogP contribution in [-0.4, -0.2) is 42.3 Å². The summed E-state index contributed by atoms with van der Waals surface area (Å²) < 4.78 is 5.15. The Balaban J connectivity index is 1.46. The van der Waals surface area contributed by atoms with Crippen molar-refractivity contribution < 1.29 is 19.1 Å². The number of fused-ring (bicyclic) bond motifs is 1. The van der Waals surface area contributed by atoms with Gasteiger partial charge in [0.25, 0.3) is 11.8 Å². The molecule has 0 aliphatic carbocycles. The monoisotopic (exact) mass is 394 g/mol. The van der Waals surface area contributed by atoms with E-state index in [0.717, 1.165) is 29.1 Å². The second-order valence-electron chi connectivity index (χ2n) is 7.42. The van der Waals surface area contributed by atoms with E-state index in [2.05, 4.69) is 5.32 Å². The molecule has 3 amide bonds. The molecule has 6 heteroatoms. The van der Waals surface area contributed by atoms with E-state index in [1.165, 1.54) is 5.56 Å². The molecule has 152 valence electrons. The molecule has 0 spiro atoms. The summed E-state index contributed by atoms with van der Waals surface area (Å²) in [6.07, 6.45) is 1.73. The average Bonchev–Trinajstić information content (AvgIpc) is 2.94. The molecular formula is C23H26N2O4. The van der Waals surface area contributed by atoms with Crippen molar-refractivity contribution >= 4 is 17.7 Å². The Kier molecular flexibility index (Phi) is 6.32. The molecule has 0 radical (unpaired) electrons. The van der Waals surface area contributed by atoms with Gasteiger partial charge in [-0.15, -0.1) is 0 Å². The summed E-state index contributed by atoms with van der Waals surface area (Å²) in [6.45, 7) is 3.91. The molecule has 2 aromatic rings. The highest BCUT2D eigenvalue weighted by Crippen LogP contribution is 2.24. The Bertz CT molecular complexity index is 921. The molecule has 1 aliphatic rings. The maximum Gasteiger partial charge on any atom is 0.261 e. The SMILES string of the molecule is COc1ccc(CCC(C)NC(=O)CCN2C(=O)c3ccc(C)cc3C2=O)cc1. The van der Waals surface area contributed by atoms with E-state index in [-0.39, 0.29) is 36.7 Å². The second-order valence-corrected chi connectivity index (χ2v) is 7.42. The molecule has 0 bridgehead atoms. The molecule has 3 rings (SSSR count). The van der Waals surface area contributed by atoms with Crippen LogP contribution in [-0.2, 0) is 11.2 Å². The van der Waals surface area contributed by atoms with E-state index in [0.29, 0.717) is 11.1 Å². The van der Waals surface area contributed by atoms with E-state index in [1.54, 1.807) is 19.2 Å². The largest absolute Gasteiger partial charge is 0.497 e. The van der Waals surface area contributed by atoms with Crippen molar-refractivity contribution in [1.82, 2.24) is 10.2 Å². The molecule has 1 heterocycles. The quantitative estimate of drug-likeness (QED) is 0.698. The van der Waals surface area contributed by atoms with Gasteiger partial charge in [0.2, 0.25) is 5.91 Å². The number of benzene rings is 2. The van der Waals surface area contributed by atoms with Crippen LogP contribution in [0.25, 0.3) is 0 Å². The zero-order valence-corrected chi connectivity index (χ0v) is 17.0. The van der Waals surface area contributed by atoms with Crippen LogP contribution in [0.3, 0.4) is 0 Å². The highest BCUT2D eigenvalue weighted by Gasteiger charge is 2.35. The second kappa shape index (κ2) is 8.90. The fraction of sp³-hybridized carbons (Fsp3) is 0.348. The molecule has 1 aliphatic heterocycles. The fourth-order valence-corrected chi connectivity index (χ4v) is 3.42. The van der Waals surface area contributed by atoms with Gasteiger partial charge in [-0.2, -0.15) is 0 Å². The molecular weight excluding hydrogens is 368 g/mol. The average molecular weight is 394 g/mol. The van der Waals surface area contributed by atoms with Crippen LogP contribution in [0.4, 0.5) is 0 Å². The summed E-state index contributed by atoms with van der Waals surface area (Å²) in [4.78, 5) is 38.3. The van der Waals surface area contributed by atoms with Crippen LogP contribution in [0.2, 0.25) is 0 Å². The standard InChI is InChI=1S/C23H26N2O4/c1-15-4-11-19-20(14-15)23(28)25(22(19)27)13-12-21(26)24-16(2)5-6-17-7-9-18(29-3)10-8-17/h4,7-11,14,16H,5-6,12-13H2,1-3H3,(H,24,26). The number of amides is 3. The Labute approximate surface area is 170 Å². The van der Waals surface area contributed by atoms with Crippen LogP contribution in [0.1, 0.15) is 51.6 Å². The molecule has 1 unspecified atom stereocenters. The first kappa shape index (κ1) is 20.6. The number of carbonyl (C=O) groups is 3. The molecule has 0 fully saturated rings. The van der Waals surface area contributed by atoms with Gasteiger partial charge < -0.3 is 10.1 Å². The van der Waals surface area contributed by atoms with E-state index in [9.17, 15) is 14.4 Å². The smallest absolute Gasteiger partial charge is 0.261 e. The molecule has 0 saturated carbocycles. The summed E-state index contributed by atoms with van der Waals surface area (Å²) in [7, 11) is 1.63. The summed E-state index contributed by atoms with van der Waals surface area (Å²) in [6, 6.07) is 13.1. The number of hydrogen-bond donors (Lipinski definition) is 1. The number of imide groups is 1. The summed E-state index contributed by atoms with van der Waals surface area (Å²) in [5.74, 6) is -0.00204. The Hall–Kier alpha value is -3.15. The summed E-state index contributed by atoms with van der Waals surface area (Å²) in [5.41, 5.74) is 2.93. The van der Waals surface area contributed by atoms with Crippen LogP contribution >= 0.6 is 0 Å². The third-order valence-corrected chi connectivity index (χ3v) is 5.12. The van der Waals surface area contributed by atoms with Crippen LogP contribution in [0.15, 0.2) is 42.5 Å². The lowest BCUT2D eigenvalue weighted by Gasteiger charge is -2.16. The number of methoxy groups -OCH3 is 1. The zero-order valence-electron chi connectivity index (χ0n) is 17.0. The normalized spacial score (nSPS) is 14.0. The molecule has 29 heavy (non-hydrogen) atoms. The first-order chi connectivity index (χ1) is 13.9. The van der Waals surface area contributed by atoms with Crippen LogP contribution in [0.5, 0.6) is 5.75 Å². The minimum atomic E-state index is -0.328. The van der Waals surface area contributed by atoms with Gasteiger partial charge in [-0.25, -0.2) is 0 Å². The zero-order chi connectivity index (χ0) is 21.0.